The fourth-order valence-corrected chi connectivity index (χ4v) is 1.66. The second-order valence-electron chi connectivity index (χ2n) is 3.40. The maximum absolute atomic E-state index is 3.89. The van der Waals surface area contributed by atoms with Crippen LogP contribution in [0.4, 0.5) is 5.69 Å². The molecule has 0 fully saturated rings. The smallest absolute Gasteiger partial charge is 0.0567 e. The summed E-state index contributed by atoms with van der Waals surface area (Å²) in [5.41, 5.74) is 3.41. The molecule has 0 radical (unpaired) electrons. The van der Waals surface area contributed by atoms with E-state index in [9.17, 15) is 0 Å². The van der Waals surface area contributed by atoms with E-state index >= 15 is 0 Å². The summed E-state index contributed by atoms with van der Waals surface area (Å²) in [5, 5.41) is 10.1. The number of rotatable bonds is 3. The predicted molar refractivity (Wildman–Crippen MR) is 64.8 cm³/mol. The molecule has 0 bridgehead atoms. The van der Waals surface area contributed by atoms with Gasteiger partial charge in [-0.25, -0.2) is 0 Å². The van der Waals surface area contributed by atoms with Gasteiger partial charge in [0.25, 0.3) is 0 Å². The molecule has 0 saturated heterocycles. The quantitative estimate of drug-likeness (QED) is 0.896. The largest absolute Gasteiger partial charge is 0.379 e. The van der Waals surface area contributed by atoms with E-state index in [4.69, 9.17) is 0 Å². The Bertz CT molecular complexity index is 437. The summed E-state index contributed by atoms with van der Waals surface area (Å²) < 4.78 is 1.12. The minimum absolute atomic E-state index is 0.759. The lowest BCUT2D eigenvalue weighted by molar-refractivity contribution is 0.981. The molecule has 2 N–H and O–H groups in total. The van der Waals surface area contributed by atoms with Crippen LogP contribution in [0.2, 0.25) is 0 Å². The lowest BCUT2D eigenvalue weighted by Crippen LogP contribution is -1.99. The minimum atomic E-state index is 0.759. The molecule has 0 amide bonds. The van der Waals surface area contributed by atoms with Crippen molar-refractivity contribution in [1.82, 2.24) is 10.2 Å². The van der Waals surface area contributed by atoms with Crippen molar-refractivity contribution in [2.24, 2.45) is 0 Å². The lowest BCUT2D eigenvalue weighted by Gasteiger charge is -2.06. The van der Waals surface area contributed by atoms with Gasteiger partial charge in [0.1, 0.15) is 0 Å². The molecule has 15 heavy (non-hydrogen) atoms. The highest BCUT2D eigenvalue weighted by molar-refractivity contribution is 9.10. The molecular weight excluding hydrogens is 254 g/mol. The van der Waals surface area contributed by atoms with Crippen LogP contribution < -0.4 is 5.32 Å². The number of anilines is 1. The molecule has 0 spiro atoms. The first-order chi connectivity index (χ1) is 7.25. The van der Waals surface area contributed by atoms with Crippen LogP contribution in [0.25, 0.3) is 0 Å². The first-order valence-electron chi connectivity index (χ1n) is 4.74. The van der Waals surface area contributed by atoms with E-state index in [-0.39, 0.29) is 0 Å². The second-order valence-corrected chi connectivity index (χ2v) is 4.25. The second kappa shape index (κ2) is 4.49. The summed E-state index contributed by atoms with van der Waals surface area (Å²) >= 11 is 3.50. The average Bonchev–Trinajstić information content (AvgIpc) is 2.73. The number of nitrogens with one attached hydrogen (secondary N) is 2. The van der Waals surface area contributed by atoms with Gasteiger partial charge in [-0.15, -0.1) is 0 Å². The molecule has 0 aliphatic carbocycles. The molecule has 0 aliphatic rings. The third kappa shape index (κ3) is 2.59. The molecule has 0 aliphatic heterocycles. The number of halogens is 1. The van der Waals surface area contributed by atoms with E-state index in [1.165, 1.54) is 5.56 Å². The maximum Gasteiger partial charge on any atom is 0.0567 e. The number of aryl methyl sites for hydroxylation is 1. The number of H-pyrrole nitrogens is 1. The Balaban J connectivity index is 2.02. The van der Waals surface area contributed by atoms with Crippen LogP contribution in [-0.4, -0.2) is 10.2 Å². The predicted octanol–water partition coefficient (Wildman–Crippen LogP) is 3.09. The van der Waals surface area contributed by atoms with E-state index in [1.807, 2.05) is 6.07 Å². The topological polar surface area (TPSA) is 40.7 Å². The molecule has 78 valence electrons. The van der Waals surface area contributed by atoms with Gasteiger partial charge in [-0.05, 0) is 30.7 Å². The highest BCUT2D eigenvalue weighted by Gasteiger charge is 1.98. The lowest BCUT2D eigenvalue weighted by atomic mass is 10.2. The van der Waals surface area contributed by atoms with Crippen molar-refractivity contribution in [2.75, 3.05) is 5.32 Å². The van der Waals surface area contributed by atoms with E-state index in [2.05, 4.69) is 56.6 Å². The number of nitrogens with zero attached hydrogens (tertiary/aromatic N) is 1. The van der Waals surface area contributed by atoms with Gasteiger partial charge in [0.15, 0.2) is 0 Å². The van der Waals surface area contributed by atoms with E-state index in [0.29, 0.717) is 0 Å². The Hall–Kier alpha value is -1.29. The Kier molecular flexibility index (Phi) is 3.06. The molecule has 3 nitrogen and oxygen atoms in total. The number of hydrogen-bond acceptors (Lipinski definition) is 2. The highest BCUT2D eigenvalue weighted by Crippen LogP contribution is 2.20. The van der Waals surface area contributed by atoms with Gasteiger partial charge < -0.3 is 5.32 Å². The number of hydrogen-bond donors (Lipinski definition) is 2. The van der Waals surface area contributed by atoms with Crippen LogP contribution >= 0.6 is 15.9 Å². The van der Waals surface area contributed by atoms with Crippen molar-refractivity contribution in [3.63, 3.8) is 0 Å². The number of benzene rings is 1. The summed E-state index contributed by atoms with van der Waals surface area (Å²) in [7, 11) is 0. The third-order valence-corrected chi connectivity index (χ3v) is 3.07. The SMILES string of the molecule is Cc1ccc(NCc2ccn[nH]2)cc1Br. The van der Waals surface area contributed by atoms with Crippen molar-refractivity contribution in [3.05, 3.63) is 46.2 Å². The summed E-state index contributed by atoms with van der Waals surface area (Å²) in [6, 6.07) is 8.18. The van der Waals surface area contributed by atoms with E-state index in [1.54, 1.807) is 6.20 Å². The highest BCUT2D eigenvalue weighted by atomic mass is 79.9. The standard InChI is InChI=1S/C11H12BrN3/c1-8-2-3-9(6-11(8)12)13-7-10-4-5-14-15-10/h2-6,13H,7H2,1H3,(H,14,15). The molecule has 0 saturated carbocycles. The van der Waals surface area contributed by atoms with Crippen molar-refractivity contribution in [1.29, 1.82) is 0 Å². The van der Waals surface area contributed by atoms with Crippen LogP contribution in [-0.2, 0) is 6.54 Å². The Morgan fingerprint density at radius 1 is 1.40 bits per heavy atom. The van der Waals surface area contributed by atoms with Gasteiger partial charge in [-0.1, -0.05) is 22.0 Å². The fourth-order valence-electron chi connectivity index (χ4n) is 1.28. The minimum Gasteiger partial charge on any atom is -0.379 e. The Labute approximate surface area is 97.0 Å². The summed E-state index contributed by atoms with van der Waals surface area (Å²) in [6.45, 7) is 2.83. The number of aromatic nitrogens is 2. The van der Waals surface area contributed by atoms with Crippen LogP contribution in [0.15, 0.2) is 34.9 Å². The zero-order valence-corrected chi connectivity index (χ0v) is 10.0. The maximum atomic E-state index is 3.89. The van der Waals surface area contributed by atoms with Gasteiger partial charge in [0.05, 0.1) is 12.2 Å². The van der Waals surface area contributed by atoms with Gasteiger partial charge in [-0.3, -0.25) is 5.10 Å². The fraction of sp³-hybridized carbons (Fsp3) is 0.182. The van der Waals surface area contributed by atoms with Crippen molar-refractivity contribution < 1.29 is 0 Å². The summed E-state index contributed by atoms with van der Waals surface area (Å²) in [5.74, 6) is 0. The first-order valence-corrected chi connectivity index (χ1v) is 5.53. The van der Waals surface area contributed by atoms with Crippen LogP contribution in [0.3, 0.4) is 0 Å². The van der Waals surface area contributed by atoms with E-state index < -0.39 is 0 Å². The van der Waals surface area contributed by atoms with Gasteiger partial charge in [0, 0.05) is 16.4 Å². The normalized spacial score (nSPS) is 10.3. The van der Waals surface area contributed by atoms with Crippen molar-refractivity contribution in [2.45, 2.75) is 13.5 Å². The Morgan fingerprint density at radius 2 is 2.27 bits per heavy atom. The average molecular weight is 266 g/mol. The van der Waals surface area contributed by atoms with Crippen LogP contribution in [0, 0.1) is 6.92 Å². The summed E-state index contributed by atoms with van der Waals surface area (Å²) in [4.78, 5) is 0. The third-order valence-electron chi connectivity index (χ3n) is 2.21. The molecular formula is C11H12BrN3. The van der Waals surface area contributed by atoms with Crippen LogP contribution in [0.5, 0.6) is 0 Å². The molecule has 4 heteroatoms. The molecule has 1 heterocycles. The van der Waals surface area contributed by atoms with E-state index in [0.717, 1.165) is 22.4 Å². The van der Waals surface area contributed by atoms with Crippen molar-refractivity contribution in [3.8, 4) is 0 Å². The number of aromatic amines is 1. The molecule has 1 aromatic heterocycles. The zero-order chi connectivity index (χ0) is 10.7. The molecule has 2 rings (SSSR count). The molecule has 0 atom stereocenters. The first kappa shape index (κ1) is 10.2. The molecule has 2 aromatic rings. The Morgan fingerprint density at radius 3 is 2.93 bits per heavy atom. The van der Waals surface area contributed by atoms with Crippen molar-refractivity contribution >= 4 is 21.6 Å². The van der Waals surface area contributed by atoms with Gasteiger partial charge in [-0.2, -0.15) is 5.10 Å². The molecule has 0 unspecified atom stereocenters. The monoisotopic (exact) mass is 265 g/mol. The summed E-state index contributed by atoms with van der Waals surface area (Å²) in [6.07, 6.45) is 1.75. The van der Waals surface area contributed by atoms with Gasteiger partial charge >= 0.3 is 0 Å². The van der Waals surface area contributed by atoms with Gasteiger partial charge in [0.2, 0.25) is 0 Å². The zero-order valence-electron chi connectivity index (χ0n) is 8.42. The molecule has 1 aromatic carbocycles. The van der Waals surface area contributed by atoms with Crippen LogP contribution in [0.1, 0.15) is 11.3 Å².